The second kappa shape index (κ2) is 7.12. The van der Waals surface area contributed by atoms with Gasteiger partial charge in [-0.2, -0.15) is 0 Å². The first-order valence-electron chi connectivity index (χ1n) is 6.71. The van der Waals surface area contributed by atoms with Gasteiger partial charge in [0, 0.05) is 18.5 Å². The minimum Gasteiger partial charge on any atom is -0.469 e. The van der Waals surface area contributed by atoms with E-state index in [1.165, 1.54) is 5.56 Å². The number of aliphatic hydroxyl groups is 1. The van der Waals surface area contributed by atoms with Crippen LogP contribution in [0, 0.1) is 0 Å². The van der Waals surface area contributed by atoms with Crippen LogP contribution in [0.15, 0.2) is 53.1 Å². The third-order valence-electron chi connectivity index (χ3n) is 3.15. The monoisotopic (exact) mass is 259 g/mol. The second-order valence-corrected chi connectivity index (χ2v) is 4.92. The van der Waals surface area contributed by atoms with Crippen LogP contribution >= 0.6 is 0 Å². The average molecular weight is 259 g/mol. The van der Waals surface area contributed by atoms with Crippen molar-refractivity contribution >= 4 is 0 Å². The Bertz CT molecular complexity index is 453. The van der Waals surface area contributed by atoms with E-state index in [0.29, 0.717) is 0 Å². The highest BCUT2D eigenvalue weighted by Gasteiger charge is 2.13. The van der Waals surface area contributed by atoms with E-state index in [1.807, 2.05) is 30.3 Å². The van der Waals surface area contributed by atoms with Crippen LogP contribution in [0.3, 0.4) is 0 Å². The molecule has 0 radical (unpaired) electrons. The molecule has 2 aromatic rings. The molecule has 0 spiro atoms. The fourth-order valence-corrected chi connectivity index (χ4v) is 2.27. The van der Waals surface area contributed by atoms with Crippen LogP contribution in [-0.4, -0.2) is 23.8 Å². The Morgan fingerprint density at radius 3 is 2.53 bits per heavy atom. The van der Waals surface area contributed by atoms with Crippen molar-refractivity contribution in [1.29, 1.82) is 0 Å². The molecule has 0 aliphatic rings. The molecule has 0 fully saturated rings. The fourth-order valence-electron chi connectivity index (χ4n) is 2.27. The molecule has 1 aromatic carbocycles. The summed E-state index contributed by atoms with van der Waals surface area (Å²) in [6.45, 7) is 2.24. The summed E-state index contributed by atoms with van der Waals surface area (Å²) in [5.74, 6) is 0.969. The molecular weight excluding hydrogens is 238 g/mol. The Labute approximate surface area is 114 Å². The summed E-state index contributed by atoms with van der Waals surface area (Å²) in [5.41, 5.74) is 1.24. The molecule has 3 nitrogen and oxygen atoms in total. The summed E-state index contributed by atoms with van der Waals surface area (Å²) < 4.78 is 5.34. The predicted octanol–water partition coefficient (Wildman–Crippen LogP) is 2.40. The molecule has 1 aromatic heterocycles. The molecule has 1 unspecified atom stereocenters. The summed E-state index contributed by atoms with van der Waals surface area (Å²) >= 11 is 0. The lowest BCUT2D eigenvalue weighted by Gasteiger charge is -2.21. The van der Waals surface area contributed by atoms with E-state index in [1.54, 1.807) is 6.26 Å². The third-order valence-corrected chi connectivity index (χ3v) is 3.15. The lowest BCUT2D eigenvalue weighted by atomic mass is 10.0. The van der Waals surface area contributed by atoms with Crippen LogP contribution in [0.4, 0.5) is 0 Å². The van der Waals surface area contributed by atoms with E-state index in [9.17, 15) is 5.11 Å². The zero-order valence-electron chi connectivity index (χ0n) is 11.3. The molecule has 2 N–H and O–H groups in total. The lowest BCUT2D eigenvalue weighted by Crippen LogP contribution is -2.41. The van der Waals surface area contributed by atoms with E-state index in [-0.39, 0.29) is 18.7 Å². The van der Waals surface area contributed by atoms with E-state index < -0.39 is 0 Å². The van der Waals surface area contributed by atoms with Gasteiger partial charge in [0.05, 0.1) is 12.9 Å². The number of furan rings is 1. The minimum atomic E-state index is 0.0763. The first-order valence-corrected chi connectivity index (χ1v) is 6.71. The van der Waals surface area contributed by atoms with Gasteiger partial charge < -0.3 is 14.8 Å². The van der Waals surface area contributed by atoms with Crippen molar-refractivity contribution in [2.24, 2.45) is 0 Å². The van der Waals surface area contributed by atoms with Crippen LogP contribution in [0.5, 0.6) is 0 Å². The fraction of sp³-hybridized carbons (Fsp3) is 0.375. The predicted molar refractivity (Wildman–Crippen MR) is 76.0 cm³/mol. The standard InChI is InChI=1S/C16H21NO2/c1-13(10-16-8-5-9-19-16)17-15(12-18)11-14-6-3-2-4-7-14/h2-9,13,15,17-18H,10-12H2,1H3/t13?,15-/m1/s1. The number of nitrogens with one attached hydrogen (secondary N) is 1. The molecule has 2 atom stereocenters. The quantitative estimate of drug-likeness (QED) is 0.802. The summed E-state index contributed by atoms with van der Waals surface area (Å²) in [7, 11) is 0. The van der Waals surface area contributed by atoms with Crippen molar-refractivity contribution in [3.8, 4) is 0 Å². The molecule has 0 saturated heterocycles. The SMILES string of the molecule is CC(Cc1ccco1)N[C@@H](CO)Cc1ccccc1. The Morgan fingerprint density at radius 1 is 1.11 bits per heavy atom. The molecule has 102 valence electrons. The van der Waals surface area contributed by atoms with E-state index in [0.717, 1.165) is 18.6 Å². The molecule has 0 aliphatic carbocycles. The number of hydrogen-bond acceptors (Lipinski definition) is 3. The molecule has 0 saturated carbocycles. The number of rotatable bonds is 7. The topological polar surface area (TPSA) is 45.4 Å². The van der Waals surface area contributed by atoms with Crippen LogP contribution in [-0.2, 0) is 12.8 Å². The van der Waals surface area contributed by atoms with Crippen molar-refractivity contribution in [3.05, 3.63) is 60.1 Å². The highest BCUT2D eigenvalue weighted by molar-refractivity contribution is 5.16. The van der Waals surface area contributed by atoms with Gasteiger partial charge in [-0.3, -0.25) is 0 Å². The van der Waals surface area contributed by atoms with E-state index >= 15 is 0 Å². The first-order chi connectivity index (χ1) is 9.28. The smallest absolute Gasteiger partial charge is 0.105 e. The zero-order valence-corrected chi connectivity index (χ0v) is 11.3. The van der Waals surface area contributed by atoms with E-state index in [2.05, 4.69) is 24.4 Å². The Kier molecular flexibility index (Phi) is 5.19. The summed E-state index contributed by atoms with van der Waals surface area (Å²) in [6.07, 6.45) is 3.35. The van der Waals surface area contributed by atoms with Crippen molar-refractivity contribution in [2.75, 3.05) is 6.61 Å². The molecule has 19 heavy (non-hydrogen) atoms. The lowest BCUT2D eigenvalue weighted by molar-refractivity contribution is 0.230. The van der Waals surface area contributed by atoms with Gasteiger partial charge in [-0.05, 0) is 31.0 Å². The maximum Gasteiger partial charge on any atom is 0.105 e. The summed E-state index contributed by atoms with van der Waals surface area (Å²) in [6, 6.07) is 14.4. The van der Waals surface area contributed by atoms with Crippen LogP contribution < -0.4 is 5.32 Å². The van der Waals surface area contributed by atoms with Gasteiger partial charge in [0.25, 0.3) is 0 Å². The van der Waals surface area contributed by atoms with Gasteiger partial charge in [-0.1, -0.05) is 30.3 Å². The molecule has 1 heterocycles. The second-order valence-electron chi connectivity index (χ2n) is 4.92. The van der Waals surface area contributed by atoms with Crippen molar-refractivity contribution in [1.82, 2.24) is 5.32 Å². The number of hydrogen-bond donors (Lipinski definition) is 2. The van der Waals surface area contributed by atoms with Gasteiger partial charge in [0.15, 0.2) is 0 Å². The van der Waals surface area contributed by atoms with Gasteiger partial charge in [0.2, 0.25) is 0 Å². The Hall–Kier alpha value is -1.58. The van der Waals surface area contributed by atoms with Crippen LogP contribution in [0.25, 0.3) is 0 Å². The maximum atomic E-state index is 9.48. The highest BCUT2D eigenvalue weighted by Crippen LogP contribution is 2.07. The Balaban J connectivity index is 1.84. The van der Waals surface area contributed by atoms with Crippen LogP contribution in [0.2, 0.25) is 0 Å². The van der Waals surface area contributed by atoms with Gasteiger partial charge in [-0.25, -0.2) is 0 Å². The van der Waals surface area contributed by atoms with Gasteiger partial charge in [-0.15, -0.1) is 0 Å². The molecule has 0 bridgehead atoms. The zero-order chi connectivity index (χ0) is 13.5. The van der Waals surface area contributed by atoms with Crippen molar-refractivity contribution in [3.63, 3.8) is 0 Å². The normalized spacial score (nSPS) is 14.2. The molecule has 0 amide bonds. The highest BCUT2D eigenvalue weighted by atomic mass is 16.3. The van der Waals surface area contributed by atoms with Crippen molar-refractivity contribution in [2.45, 2.75) is 31.8 Å². The first kappa shape index (κ1) is 13.8. The number of aliphatic hydroxyl groups excluding tert-OH is 1. The minimum absolute atomic E-state index is 0.0763. The molecular formula is C16H21NO2. The largest absolute Gasteiger partial charge is 0.469 e. The summed E-state index contributed by atoms with van der Waals surface area (Å²) in [5, 5.41) is 12.9. The van der Waals surface area contributed by atoms with Gasteiger partial charge >= 0.3 is 0 Å². The Morgan fingerprint density at radius 2 is 1.89 bits per heavy atom. The van der Waals surface area contributed by atoms with Gasteiger partial charge in [0.1, 0.15) is 5.76 Å². The van der Waals surface area contributed by atoms with E-state index in [4.69, 9.17) is 4.42 Å². The molecule has 2 rings (SSSR count). The number of benzene rings is 1. The molecule has 3 heteroatoms. The summed E-state index contributed by atoms with van der Waals surface area (Å²) in [4.78, 5) is 0. The van der Waals surface area contributed by atoms with Crippen molar-refractivity contribution < 1.29 is 9.52 Å². The average Bonchev–Trinajstić information content (AvgIpc) is 2.92. The maximum absolute atomic E-state index is 9.48. The molecule has 0 aliphatic heterocycles. The van der Waals surface area contributed by atoms with Crippen LogP contribution in [0.1, 0.15) is 18.2 Å². The third kappa shape index (κ3) is 4.54.